The number of ether oxygens (including phenoxy) is 1. The van der Waals surface area contributed by atoms with Gasteiger partial charge < -0.3 is 4.74 Å². The summed E-state index contributed by atoms with van der Waals surface area (Å²) in [7, 11) is 0. The molecule has 0 spiro atoms. The van der Waals surface area contributed by atoms with E-state index in [1.807, 2.05) is 0 Å². The van der Waals surface area contributed by atoms with Crippen molar-refractivity contribution in [3.05, 3.63) is 91.1 Å². The molecule has 1 fully saturated rings. The van der Waals surface area contributed by atoms with Crippen molar-refractivity contribution < 1.29 is 19.4 Å². The number of carbonyl (C=O) groups is 1. The van der Waals surface area contributed by atoms with Crippen LogP contribution in [-0.4, -0.2) is 21.9 Å². The van der Waals surface area contributed by atoms with Crippen molar-refractivity contribution in [1.29, 1.82) is 0 Å². The van der Waals surface area contributed by atoms with Gasteiger partial charge in [0.1, 0.15) is 6.10 Å². The molecule has 3 aliphatic carbocycles. The number of nitrogens with zero attached hydrogens (tertiary/aromatic N) is 2. The Balaban J connectivity index is 1.44. The summed E-state index contributed by atoms with van der Waals surface area (Å²) in [5.41, 5.74) is 2.87. The Labute approximate surface area is 255 Å². The summed E-state index contributed by atoms with van der Waals surface area (Å²) in [6, 6.07) is 2.90. The third-order valence-corrected chi connectivity index (χ3v) is 10.4. The average Bonchev–Trinajstić information content (AvgIpc) is 3.33. The maximum absolute atomic E-state index is 12.9. The van der Waals surface area contributed by atoms with Gasteiger partial charge in [-0.25, -0.2) is 4.79 Å². The predicted octanol–water partition coefficient (Wildman–Crippen LogP) is 9.32. The van der Waals surface area contributed by atoms with E-state index in [0.717, 1.165) is 36.6 Å². The molecule has 1 saturated carbocycles. The lowest BCUT2D eigenvalue weighted by atomic mass is 9.62. The highest BCUT2D eigenvalue weighted by molar-refractivity contribution is 5.91. The number of benzene rings is 1. The Morgan fingerprint density at radius 1 is 1.00 bits per heavy atom. The van der Waals surface area contributed by atoms with E-state index in [9.17, 15) is 25.0 Å². The summed E-state index contributed by atoms with van der Waals surface area (Å²) in [5.74, 6) is 2.18. The molecule has 8 heteroatoms. The van der Waals surface area contributed by atoms with Gasteiger partial charge in [-0.3, -0.25) is 20.2 Å². The number of carbonyl (C=O) groups excluding carboxylic acids is 1. The van der Waals surface area contributed by atoms with Crippen LogP contribution in [0.3, 0.4) is 0 Å². The van der Waals surface area contributed by atoms with E-state index in [1.54, 1.807) is 0 Å². The van der Waals surface area contributed by atoms with Crippen LogP contribution in [0.25, 0.3) is 0 Å². The zero-order valence-electron chi connectivity index (χ0n) is 26.4. The van der Waals surface area contributed by atoms with E-state index < -0.39 is 33.3 Å². The first kappa shape index (κ1) is 32.4. The monoisotopic (exact) mass is 590 g/mol. The quantitative estimate of drug-likeness (QED) is 0.116. The molecule has 0 N–H and O–H groups in total. The van der Waals surface area contributed by atoms with E-state index in [2.05, 4.69) is 71.9 Å². The Hall–Kier alpha value is -3.55. The zero-order chi connectivity index (χ0) is 31.5. The van der Waals surface area contributed by atoms with E-state index >= 15 is 0 Å². The number of hydrogen-bond acceptors (Lipinski definition) is 6. The van der Waals surface area contributed by atoms with Gasteiger partial charge in [-0.15, -0.1) is 0 Å². The lowest BCUT2D eigenvalue weighted by Gasteiger charge is -2.42. The van der Waals surface area contributed by atoms with Gasteiger partial charge in [0.2, 0.25) is 0 Å². The van der Waals surface area contributed by atoms with Gasteiger partial charge in [-0.2, -0.15) is 0 Å². The smallest absolute Gasteiger partial charge is 0.338 e. The van der Waals surface area contributed by atoms with Gasteiger partial charge in [-0.1, -0.05) is 70.6 Å². The molecule has 1 aromatic rings. The van der Waals surface area contributed by atoms with Crippen molar-refractivity contribution >= 4 is 17.3 Å². The topological polar surface area (TPSA) is 113 Å². The standard InChI is InChI=1S/C35H46N2O6/c1-22(2)23(3)9-10-25(5)32-15-16-33-26(8-7-17-35(32,33)6)12-13-27-20-31(14-11-24(27)4)43-34(38)28-18-29(36(39)40)21-30(19-28)37(41)42/h8-10,12-13,18-19,21-23,25,31-33H,7,11,14-17,20H2,1-6H3/b10-9+,13-12-/t23-,25+,31?,32?,33?,35+/m0/s1. The lowest BCUT2D eigenvalue weighted by Crippen LogP contribution is -2.34. The van der Waals surface area contributed by atoms with Gasteiger partial charge in [0.15, 0.2) is 0 Å². The highest BCUT2D eigenvalue weighted by Crippen LogP contribution is 2.58. The number of hydrogen-bond donors (Lipinski definition) is 0. The summed E-state index contributed by atoms with van der Waals surface area (Å²) in [6.45, 7) is 13.8. The van der Waals surface area contributed by atoms with Gasteiger partial charge in [-0.05, 0) is 91.6 Å². The van der Waals surface area contributed by atoms with Gasteiger partial charge in [0, 0.05) is 18.6 Å². The lowest BCUT2D eigenvalue weighted by molar-refractivity contribution is -0.394. The van der Waals surface area contributed by atoms with Crippen LogP contribution in [-0.2, 0) is 4.74 Å². The highest BCUT2D eigenvalue weighted by atomic mass is 16.6. The molecule has 232 valence electrons. The second-order valence-electron chi connectivity index (χ2n) is 13.5. The normalized spacial score (nSPS) is 27.3. The molecule has 0 aliphatic heterocycles. The van der Waals surface area contributed by atoms with E-state index in [4.69, 9.17) is 4.74 Å². The Morgan fingerprint density at radius 3 is 2.30 bits per heavy atom. The zero-order valence-corrected chi connectivity index (χ0v) is 26.4. The molecule has 3 aliphatic rings. The molecule has 0 bridgehead atoms. The van der Waals surface area contributed by atoms with Gasteiger partial charge in [0.25, 0.3) is 11.4 Å². The number of fused-ring (bicyclic) bond motifs is 1. The minimum atomic E-state index is -0.784. The molecular weight excluding hydrogens is 544 g/mol. The number of nitro benzene ring substituents is 2. The number of nitro groups is 2. The molecular formula is C35H46N2O6. The van der Waals surface area contributed by atoms with Crippen LogP contribution in [0.2, 0.25) is 0 Å². The third-order valence-electron chi connectivity index (χ3n) is 10.4. The SMILES string of the molecule is CC1=C(/C=C\C2=CCC[C@@]3(C)C2CCC3[C@H](C)/C=C/[C@H](C)C(C)C)CC(OC(=O)c2cc([N+](=O)[O-])cc([N+](=O)[O-])c2)CC1. The Morgan fingerprint density at radius 2 is 1.67 bits per heavy atom. The molecule has 0 amide bonds. The van der Waals surface area contributed by atoms with Crippen LogP contribution in [0.4, 0.5) is 11.4 Å². The number of esters is 1. The van der Waals surface area contributed by atoms with Crippen molar-refractivity contribution in [1.82, 2.24) is 0 Å². The second kappa shape index (κ2) is 13.4. The first-order chi connectivity index (χ1) is 20.3. The van der Waals surface area contributed by atoms with E-state index in [-0.39, 0.29) is 11.0 Å². The van der Waals surface area contributed by atoms with E-state index in [1.165, 1.54) is 30.4 Å². The average molecular weight is 591 g/mol. The molecule has 4 rings (SSSR count). The van der Waals surface area contributed by atoms with Crippen LogP contribution in [0.1, 0.15) is 96.8 Å². The molecule has 0 radical (unpaired) electrons. The molecule has 3 unspecified atom stereocenters. The fourth-order valence-electron chi connectivity index (χ4n) is 7.33. The summed E-state index contributed by atoms with van der Waals surface area (Å²) >= 11 is 0. The summed E-state index contributed by atoms with van der Waals surface area (Å²) in [4.78, 5) is 33.9. The number of rotatable bonds is 10. The fraction of sp³-hybridized carbons (Fsp3) is 0.571. The highest BCUT2D eigenvalue weighted by Gasteiger charge is 2.49. The number of allylic oxidation sites excluding steroid dienone is 7. The maximum atomic E-state index is 12.9. The second-order valence-corrected chi connectivity index (χ2v) is 13.5. The van der Waals surface area contributed by atoms with Crippen LogP contribution in [0.15, 0.2) is 65.3 Å². The molecule has 0 aromatic heterocycles. The van der Waals surface area contributed by atoms with E-state index in [0.29, 0.717) is 42.4 Å². The maximum Gasteiger partial charge on any atom is 0.338 e. The minimum Gasteiger partial charge on any atom is -0.458 e. The predicted molar refractivity (Wildman–Crippen MR) is 169 cm³/mol. The van der Waals surface area contributed by atoms with Gasteiger partial charge in [0.05, 0.1) is 21.5 Å². The number of non-ortho nitro benzene ring substituents is 2. The van der Waals surface area contributed by atoms with Crippen LogP contribution >= 0.6 is 0 Å². The fourth-order valence-corrected chi connectivity index (χ4v) is 7.33. The largest absolute Gasteiger partial charge is 0.458 e. The molecule has 0 saturated heterocycles. The summed E-state index contributed by atoms with van der Waals surface area (Å²) < 4.78 is 5.72. The minimum absolute atomic E-state index is 0.186. The molecule has 0 heterocycles. The first-order valence-electron chi connectivity index (χ1n) is 15.7. The molecule has 8 nitrogen and oxygen atoms in total. The molecule has 43 heavy (non-hydrogen) atoms. The van der Waals surface area contributed by atoms with Crippen molar-refractivity contribution in [3.63, 3.8) is 0 Å². The van der Waals surface area contributed by atoms with Crippen LogP contribution in [0, 0.1) is 55.2 Å². The summed E-state index contributed by atoms with van der Waals surface area (Å²) in [6.07, 6.45) is 18.0. The Kier molecular flexibility index (Phi) is 10.1. The van der Waals surface area contributed by atoms with Crippen molar-refractivity contribution in [2.24, 2.45) is 35.0 Å². The van der Waals surface area contributed by atoms with Gasteiger partial charge >= 0.3 is 5.97 Å². The van der Waals surface area contributed by atoms with Crippen LogP contribution in [0.5, 0.6) is 0 Å². The molecule has 1 aromatic carbocycles. The molecule has 6 atom stereocenters. The van der Waals surface area contributed by atoms with Crippen LogP contribution < -0.4 is 0 Å². The first-order valence-corrected chi connectivity index (χ1v) is 15.7. The van der Waals surface area contributed by atoms with Crippen molar-refractivity contribution in [2.75, 3.05) is 0 Å². The van der Waals surface area contributed by atoms with Crippen molar-refractivity contribution in [2.45, 2.75) is 92.6 Å². The third kappa shape index (κ3) is 7.34. The summed E-state index contributed by atoms with van der Waals surface area (Å²) in [5, 5.41) is 22.5. The van der Waals surface area contributed by atoms with Crippen molar-refractivity contribution in [3.8, 4) is 0 Å². The Bertz CT molecular complexity index is 1340.